The molecule has 0 saturated heterocycles. The molecule has 1 atom stereocenters. The van der Waals surface area contributed by atoms with Crippen LogP contribution >= 0.6 is 0 Å². The van der Waals surface area contributed by atoms with Gasteiger partial charge in [0.15, 0.2) is 0 Å². The highest BCUT2D eigenvalue weighted by atomic mass is 16.3. The van der Waals surface area contributed by atoms with Crippen LogP contribution in [0.3, 0.4) is 0 Å². The van der Waals surface area contributed by atoms with E-state index >= 15 is 0 Å². The van der Waals surface area contributed by atoms with Crippen LogP contribution in [0, 0.1) is 6.92 Å². The molecule has 0 aliphatic rings. The number of rotatable bonds is 5. The standard InChI is InChI=1S/C15H19N3O3/c1-3-11(8-19)17-13(20)7-18-9-16-14-10(2)5-4-6-12(14)15(18)21/h4-6,9,11,19H,3,7-8H2,1-2H3,(H,17,20). The minimum atomic E-state index is -0.313. The monoisotopic (exact) mass is 289 g/mol. The van der Waals surface area contributed by atoms with E-state index < -0.39 is 0 Å². The summed E-state index contributed by atoms with van der Waals surface area (Å²) in [5.41, 5.74) is 1.34. The lowest BCUT2D eigenvalue weighted by molar-refractivity contribution is -0.122. The van der Waals surface area contributed by atoms with E-state index in [-0.39, 0.29) is 30.7 Å². The summed E-state index contributed by atoms with van der Waals surface area (Å²) in [5, 5.41) is 12.2. The lowest BCUT2D eigenvalue weighted by Gasteiger charge is -2.14. The number of carbonyl (C=O) groups is 1. The fraction of sp³-hybridized carbons (Fsp3) is 0.400. The zero-order chi connectivity index (χ0) is 15.4. The Balaban J connectivity index is 2.26. The van der Waals surface area contributed by atoms with Gasteiger partial charge in [0, 0.05) is 0 Å². The van der Waals surface area contributed by atoms with Gasteiger partial charge in [0.1, 0.15) is 6.54 Å². The number of benzene rings is 1. The number of carbonyl (C=O) groups excluding carboxylic acids is 1. The molecule has 1 aromatic heterocycles. The van der Waals surface area contributed by atoms with E-state index in [1.165, 1.54) is 10.9 Å². The van der Waals surface area contributed by atoms with Gasteiger partial charge in [0.05, 0.1) is 29.9 Å². The van der Waals surface area contributed by atoms with Crippen molar-refractivity contribution in [2.45, 2.75) is 32.9 Å². The Morgan fingerprint density at radius 1 is 1.48 bits per heavy atom. The van der Waals surface area contributed by atoms with Gasteiger partial charge in [-0.2, -0.15) is 0 Å². The smallest absolute Gasteiger partial charge is 0.261 e. The van der Waals surface area contributed by atoms with Crippen molar-refractivity contribution in [3.8, 4) is 0 Å². The van der Waals surface area contributed by atoms with E-state index in [1.807, 2.05) is 19.9 Å². The first-order chi connectivity index (χ1) is 10.1. The van der Waals surface area contributed by atoms with Crippen LogP contribution < -0.4 is 10.9 Å². The van der Waals surface area contributed by atoms with E-state index in [0.717, 1.165) is 5.56 Å². The highest BCUT2D eigenvalue weighted by molar-refractivity contribution is 5.81. The van der Waals surface area contributed by atoms with Crippen molar-refractivity contribution in [1.29, 1.82) is 0 Å². The number of aromatic nitrogens is 2. The third kappa shape index (κ3) is 3.28. The SMILES string of the molecule is CCC(CO)NC(=O)Cn1cnc2c(C)cccc2c1=O. The summed E-state index contributed by atoms with van der Waals surface area (Å²) in [6, 6.07) is 5.10. The zero-order valence-electron chi connectivity index (χ0n) is 12.2. The third-order valence-electron chi connectivity index (χ3n) is 3.45. The zero-order valence-corrected chi connectivity index (χ0v) is 12.2. The molecule has 2 N–H and O–H groups in total. The Kier molecular flexibility index (Phi) is 4.70. The Bertz CT molecular complexity index is 705. The molecule has 112 valence electrons. The molecule has 1 aromatic carbocycles. The van der Waals surface area contributed by atoms with Crippen LogP contribution in [0.1, 0.15) is 18.9 Å². The van der Waals surface area contributed by atoms with Crippen LogP contribution in [0.2, 0.25) is 0 Å². The molecule has 0 spiro atoms. The molecule has 21 heavy (non-hydrogen) atoms. The normalized spacial score (nSPS) is 12.3. The van der Waals surface area contributed by atoms with E-state index in [4.69, 9.17) is 5.11 Å². The van der Waals surface area contributed by atoms with Crippen molar-refractivity contribution < 1.29 is 9.90 Å². The lowest BCUT2D eigenvalue weighted by Crippen LogP contribution is -2.40. The number of amides is 1. The summed E-state index contributed by atoms with van der Waals surface area (Å²) in [5.74, 6) is -0.313. The maximum Gasteiger partial charge on any atom is 0.261 e. The second kappa shape index (κ2) is 6.49. The van der Waals surface area contributed by atoms with Gasteiger partial charge < -0.3 is 10.4 Å². The number of aliphatic hydroxyl groups excluding tert-OH is 1. The highest BCUT2D eigenvalue weighted by Gasteiger charge is 2.12. The predicted molar refractivity (Wildman–Crippen MR) is 80.0 cm³/mol. The molecular formula is C15H19N3O3. The number of fused-ring (bicyclic) bond motifs is 1. The molecule has 1 amide bonds. The first-order valence-corrected chi connectivity index (χ1v) is 6.91. The van der Waals surface area contributed by atoms with Crippen molar-refractivity contribution in [2.75, 3.05) is 6.61 Å². The summed E-state index contributed by atoms with van der Waals surface area (Å²) in [6.45, 7) is 3.53. The van der Waals surface area contributed by atoms with E-state index in [1.54, 1.807) is 12.1 Å². The molecule has 0 saturated carbocycles. The fourth-order valence-electron chi connectivity index (χ4n) is 2.15. The van der Waals surface area contributed by atoms with E-state index in [0.29, 0.717) is 17.3 Å². The maximum atomic E-state index is 12.3. The summed E-state index contributed by atoms with van der Waals surface area (Å²) >= 11 is 0. The number of para-hydroxylation sites is 1. The quantitative estimate of drug-likeness (QED) is 0.844. The van der Waals surface area contributed by atoms with Gasteiger partial charge in [-0.15, -0.1) is 0 Å². The van der Waals surface area contributed by atoms with Crippen LogP contribution in [0.4, 0.5) is 0 Å². The van der Waals surface area contributed by atoms with Gasteiger partial charge in [-0.05, 0) is 25.0 Å². The fourth-order valence-corrected chi connectivity index (χ4v) is 2.15. The van der Waals surface area contributed by atoms with Crippen molar-refractivity contribution in [2.24, 2.45) is 0 Å². The van der Waals surface area contributed by atoms with E-state index in [9.17, 15) is 9.59 Å². The van der Waals surface area contributed by atoms with Gasteiger partial charge in [0.25, 0.3) is 5.56 Å². The Morgan fingerprint density at radius 2 is 2.24 bits per heavy atom. The molecule has 0 aliphatic carbocycles. The number of hydrogen-bond donors (Lipinski definition) is 2. The minimum Gasteiger partial charge on any atom is -0.394 e. The summed E-state index contributed by atoms with van der Waals surface area (Å²) in [6.07, 6.45) is 2.02. The molecule has 6 nitrogen and oxygen atoms in total. The van der Waals surface area contributed by atoms with Gasteiger partial charge >= 0.3 is 0 Å². The third-order valence-corrected chi connectivity index (χ3v) is 3.45. The van der Waals surface area contributed by atoms with Crippen LogP contribution in [0.5, 0.6) is 0 Å². The average Bonchev–Trinajstić information content (AvgIpc) is 2.48. The molecule has 1 heterocycles. The van der Waals surface area contributed by atoms with Crippen molar-refractivity contribution in [3.05, 3.63) is 40.4 Å². The topological polar surface area (TPSA) is 84.2 Å². The number of aliphatic hydroxyl groups is 1. The van der Waals surface area contributed by atoms with Crippen LogP contribution in [-0.2, 0) is 11.3 Å². The van der Waals surface area contributed by atoms with Crippen LogP contribution in [0.25, 0.3) is 10.9 Å². The van der Waals surface area contributed by atoms with E-state index in [2.05, 4.69) is 10.3 Å². The number of nitrogens with one attached hydrogen (secondary N) is 1. The average molecular weight is 289 g/mol. The van der Waals surface area contributed by atoms with Crippen molar-refractivity contribution >= 4 is 16.8 Å². The van der Waals surface area contributed by atoms with Crippen molar-refractivity contribution in [1.82, 2.24) is 14.9 Å². The number of nitrogens with zero attached hydrogens (tertiary/aromatic N) is 2. The molecular weight excluding hydrogens is 270 g/mol. The lowest BCUT2D eigenvalue weighted by atomic mass is 10.1. The highest BCUT2D eigenvalue weighted by Crippen LogP contribution is 2.11. The second-order valence-electron chi connectivity index (χ2n) is 5.00. The summed E-state index contributed by atoms with van der Waals surface area (Å²) < 4.78 is 1.28. The first kappa shape index (κ1) is 15.2. The van der Waals surface area contributed by atoms with Gasteiger partial charge in [-0.3, -0.25) is 14.2 Å². The Labute approximate surface area is 122 Å². The molecule has 0 aliphatic heterocycles. The van der Waals surface area contributed by atoms with Gasteiger partial charge in [-0.25, -0.2) is 4.98 Å². The summed E-state index contributed by atoms with van der Waals surface area (Å²) in [7, 11) is 0. The molecule has 1 unspecified atom stereocenters. The number of aryl methyl sites for hydroxylation is 1. The maximum absolute atomic E-state index is 12.3. The van der Waals surface area contributed by atoms with Crippen molar-refractivity contribution in [3.63, 3.8) is 0 Å². The largest absolute Gasteiger partial charge is 0.394 e. The Morgan fingerprint density at radius 3 is 2.90 bits per heavy atom. The van der Waals surface area contributed by atoms with Crippen LogP contribution in [-0.4, -0.2) is 33.2 Å². The molecule has 0 radical (unpaired) electrons. The predicted octanol–water partition coefficient (Wildman–Crippen LogP) is 0.592. The molecule has 0 bridgehead atoms. The number of hydrogen-bond acceptors (Lipinski definition) is 4. The second-order valence-corrected chi connectivity index (χ2v) is 5.00. The van der Waals surface area contributed by atoms with Crippen LogP contribution in [0.15, 0.2) is 29.3 Å². The molecule has 2 aromatic rings. The summed E-state index contributed by atoms with van der Waals surface area (Å²) in [4.78, 5) is 28.5. The molecule has 0 fully saturated rings. The first-order valence-electron chi connectivity index (χ1n) is 6.91. The minimum absolute atomic E-state index is 0.105. The molecule has 2 rings (SSSR count). The van der Waals surface area contributed by atoms with Gasteiger partial charge in [-0.1, -0.05) is 19.1 Å². The van der Waals surface area contributed by atoms with Gasteiger partial charge in [0.2, 0.25) is 5.91 Å². The molecule has 6 heteroatoms. The Hall–Kier alpha value is -2.21.